The molecule has 0 saturated carbocycles. The van der Waals surface area contributed by atoms with Gasteiger partial charge in [0.25, 0.3) is 0 Å². The molecule has 0 aliphatic heterocycles. The number of nitrogens with two attached hydrogens (primary N) is 1. The molecule has 0 atom stereocenters. The molecule has 0 saturated heterocycles. The van der Waals surface area contributed by atoms with Crippen LogP contribution in [0.3, 0.4) is 0 Å². The number of hydrogen-bond acceptors (Lipinski definition) is 3. The van der Waals surface area contributed by atoms with Crippen LogP contribution in [-0.2, 0) is 5.75 Å². The molecule has 5 N–H and O–H groups in total. The van der Waals surface area contributed by atoms with Gasteiger partial charge in [0.05, 0.1) is 0 Å². The van der Waals surface area contributed by atoms with Gasteiger partial charge < -0.3 is 11.1 Å². The monoisotopic (exact) mass is 258 g/mol. The summed E-state index contributed by atoms with van der Waals surface area (Å²) in [5.74, 6) is 0.482. The van der Waals surface area contributed by atoms with Crippen molar-refractivity contribution < 1.29 is 0 Å². The molecule has 2 aromatic rings. The highest BCUT2D eigenvalue weighted by molar-refractivity contribution is 8.13. The number of amidine groups is 1. The van der Waals surface area contributed by atoms with Gasteiger partial charge in [-0.1, -0.05) is 54.2 Å². The predicted molar refractivity (Wildman–Crippen MR) is 78.0 cm³/mol. The molecule has 0 amide bonds. The van der Waals surface area contributed by atoms with Gasteiger partial charge in [-0.3, -0.25) is 10.8 Å². The van der Waals surface area contributed by atoms with Gasteiger partial charge in [0.2, 0.25) is 0 Å². The Morgan fingerprint density at radius 3 is 2.56 bits per heavy atom. The van der Waals surface area contributed by atoms with E-state index in [9.17, 15) is 0 Å². The van der Waals surface area contributed by atoms with E-state index in [0.29, 0.717) is 5.75 Å². The van der Waals surface area contributed by atoms with Crippen LogP contribution in [0.2, 0.25) is 0 Å². The summed E-state index contributed by atoms with van der Waals surface area (Å²) in [6.45, 7) is 0. The summed E-state index contributed by atoms with van der Waals surface area (Å²) in [5.41, 5.74) is 6.30. The Bertz CT molecular complexity index is 594. The lowest BCUT2D eigenvalue weighted by Gasteiger charge is -2.06. The van der Waals surface area contributed by atoms with Crippen molar-refractivity contribution in [2.45, 2.75) is 5.75 Å². The molecule has 0 radical (unpaired) electrons. The van der Waals surface area contributed by atoms with E-state index in [-0.39, 0.29) is 11.1 Å². The van der Waals surface area contributed by atoms with Crippen LogP contribution in [0.4, 0.5) is 0 Å². The van der Waals surface area contributed by atoms with Gasteiger partial charge in [0.1, 0.15) is 0 Å². The van der Waals surface area contributed by atoms with Crippen molar-refractivity contribution in [1.29, 1.82) is 10.8 Å². The molecule has 0 fully saturated rings. The minimum absolute atomic E-state index is 0.190. The normalized spacial score (nSPS) is 10.2. The van der Waals surface area contributed by atoms with Gasteiger partial charge in [-0.15, -0.1) is 0 Å². The SMILES string of the molecule is N=C(N)NC(=N)SCc1ccc2ccccc2c1. The zero-order valence-corrected chi connectivity index (χ0v) is 10.6. The lowest BCUT2D eigenvalue weighted by atomic mass is 10.1. The number of fused-ring (bicyclic) bond motifs is 1. The van der Waals surface area contributed by atoms with Crippen molar-refractivity contribution in [1.82, 2.24) is 5.32 Å². The average molecular weight is 258 g/mol. The van der Waals surface area contributed by atoms with E-state index >= 15 is 0 Å². The lowest BCUT2D eigenvalue weighted by molar-refractivity contribution is 1.24. The molecule has 0 aliphatic rings. The van der Waals surface area contributed by atoms with Crippen molar-refractivity contribution in [3.8, 4) is 0 Å². The first-order valence-electron chi connectivity index (χ1n) is 5.45. The Balaban J connectivity index is 2.04. The molecule has 0 bridgehead atoms. The second kappa shape index (κ2) is 5.55. The van der Waals surface area contributed by atoms with E-state index in [4.69, 9.17) is 16.6 Å². The van der Waals surface area contributed by atoms with Gasteiger partial charge >= 0.3 is 0 Å². The van der Waals surface area contributed by atoms with Crippen molar-refractivity contribution in [2.24, 2.45) is 5.73 Å². The van der Waals surface area contributed by atoms with E-state index in [1.165, 1.54) is 22.5 Å². The second-order valence-corrected chi connectivity index (χ2v) is 4.82. The van der Waals surface area contributed by atoms with Crippen LogP contribution in [0, 0.1) is 10.8 Å². The summed E-state index contributed by atoms with van der Waals surface area (Å²) < 4.78 is 0. The Morgan fingerprint density at radius 1 is 1.11 bits per heavy atom. The number of benzene rings is 2. The van der Waals surface area contributed by atoms with Crippen LogP contribution >= 0.6 is 11.8 Å². The van der Waals surface area contributed by atoms with E-state index in [1.54, 1.807) is 0 Å². The Morgan fingerprint density at radius 2 is 1.83 bits per heavy atom. The van der Waals surface area contributed by atoms with Crippen LogP contribution < -0.4 is 11.1 Å². The van der Waals surface area contributed by atoms with Crippen molar-refractivity contribution in [3.05, 3.63) is 48.0 Å². The number of hydrogen-bond donors (Lipinski definition) is 4. The molecule has 0 heterocycles. The molecule has 0 spiro atoms. The molecule has 0 aliphatic carbocycles. The van der Waals surface area contributed by atoms with E-state index in [2.05, 4.69) is 35.6 Å². The lowest BCUT2D eigenvalue weighted by Crippen LogP contribution is -2.33. The number of nitrogens with one attached hydrogen (secondary N) is 3. The van der Waals surface area contributed by atoms with E-state index in [0.717, 1.165) is 5.56 Å². The quantitative estimate of drug-likeness (QED) is 0.493. The fourth-order valence-electron chi connectivity index (χ4n) is 1.64. The minimum atomic E-state index is -0.203. The number of guanidine groups is 1. The Kier molecular flexibility index (Phi) is 3.84. The molecule has 0 aromatic heterocycles. The summed E-state index contributed by atoms with van der Waals surface area (Å²) in [6.07, 6.45) is 0. The highest BCUT2D eigenvalue weighted by Crippen LogP contribution is 2.19. The molecule has 5 heteroatoms. The van der Waals surface area contributed by atoms with E-state index in [1.807, 2.05) is 12.1 Å². The highest BCUT2D eigenvalue weighted by atomic mass is 32.2. The predicted octanol–water partition coefficient (Wildman–Crippen LogP) is 2.49. The summed E-state index contributed by atoms with van der Waals surface area (Å²) in [4.78, 5) is 0. The summed E-state index contributed by atoms with van der Waals surface area (Å²) in [6, 6.07) is 14.4. The smallest absolute Gasteiger partial charge is 0.191 e. The third-order valence-electron chi connectivity index (χ3n) is 2.45. The van der Waals surface area contributed by atoms with Crippen LogP contribution in [0.5, 0.6) is 0 Å². The topological polar surface area (TPSA) is 85.8 Å². The molecule has 4 nitrogen and oxygen atoms in total. The first-order chi connectivity index (χ1) is 8.65. The molecular formula is C13H14N4S. The van der Waals surface area contributed by atoms with E-state index < -0.39 is 0 Å². The molecule has 92 valence electrons. The van der Waals surface area contributed by atoms with Gasteiger partial charge in [0.15, 0.2) is 11.1 Å². The number of rotatable bonds is 2. The zero-order valence-electron chi connectivity index (χ0n) is 9.73. The molecule has 2 aromatic carbocycles. The third kappa shape index (κ3) is 3.24. The molecule has 0 unspecified atom stereocenters. The molecule has 2 rings (SSSR count). The average Bonchev–Trinajstić information content (AvgIpc) is 2.35. The first-order valence-corrected chi connectivity index (χ1v) is 6.44. The van der Waals surface area contributed by atoms with Gasteiger partial charge in [0, 0.05) is 5.75 Å². The van der Waals surface area contributed by atoms with Crippen molar-refractivity contribution in [3.63, 3.8) is 0 Å². The number of thioether (sulfide) groups is 1. The summed E-state index contributed by atoms with van der Waals surface area (Å²) >= 11 is 1.32. The van der Waals surface area contributed by atoms with Crippen LogP contribution in [0.1, 0.15) is 5.56 Å². The van der Waals surface area contributed by atoms with Crippen LogP contribution in [0.25, 0.3) is 10.8 Å². The highest BCUT2D eigenvalue weighted by Gasteiger charge is 2.01. The maximum Gasteiger partial charge on any atom is 0.191 e. The zero-order chi connectivity index (χ0) is 13.0. The minimum Gasteiger partial charge on any atom is -0.370 e. The standard InChI is InChI=1S/C13H14N4S/c14-12(15)17-13(16)18-8-9-5-6-10-3-1-2-4-11(10)7-9/h1-7H,8H2,(H5,14,15,16,17). The Labute approximate surface area is 110 Å². The fraction of sp³-hybridized carbons (Fsp3) is 0.0769. The van der Waals surface area contributed by atoms with Gasteiger partial charge in [-0.05, 0) is 16.3 Å². The molecular weight excluding hydrogens is 244 g/mol. The Hall–Kier alpha value is -2.01. The molecule has 18 heavy (non-hydrogen) atoms. The first kappa shape index (κ1) is 12.4. The maximum absolute atomic E-state index is 7.56. The second-order valence-electron chi connectivity index (χ2n) is 3.84. The summed E-state index contributed by atoms with van der Waals surface area (Å²) in [7, 11) is 0. The maximum atomic E-state index is 7.56. The van der Waals surface area contributed by atoms with Crippen LogP contribution in [0.15, 0.2) is 42.5 Å². The van der Waals surface area contributed by atoms with Crippen molar-refractivity contribution in [2.75, 3.05) is 0 Å². The summed E-state index contributed by atoms with van der Waals surface area (Å²) in [5, 5.41) is 19.6. The largest absolute Gasteiger partial charge is 0.370 e. The van der Waals surface area contributed by atoms with Gasteiger partial charge in [-0.25, -0.2) is 0 Å². The van der Waals surface area contributed by atoms with Gasteiger partial charge in [-0.2, -0.15) is 0 Å². The van der Waals surface area contributed by atoms with Crippen LogP contribution in [-0.4, -0.2) is 11.1 Å². The van der Waals surface area contributed by atoms with Crippen molar-refractivity contribution >= 4 is 33.7 Å². The third-order valence-corrected chi connectivity index (χ3v) is 3.31. The fourth-order valence-corrected chi connectivity index (χ4v) is 2.32.